The molecule has 3 nitrogen and oxygen atoms in total. The molecule has 0 N–H and O–H groups in total. The summed E-state index contributed by atoms with van der Waals surface area (Å²) in [6, 6.07) is 0. The van der Waals surface area contributed by atoms with Crippen LogP contribution >= 0.6 is 0 Å². The summed E-state index contributed by atoms with van der Waals surface area (Å²) in [4.78, 5) is 11.5. The SMILES string of the molecule is C=CCOC(C)(C)CCCC(C)CC=CC(C)=CC(=O)OC(C)C. The Hall–Kier alpha value is -1.35. The first-order valence-electron chi connectivity index (χ1n) is 8.96. The van der Waals surface area contributed by atoms with Crippen LogP contribution in [0, 0.1) is 5.92 Å². The van der Waals surface area contributed by atoms with Gasteiger partial charge in [-0.25, -0.2) is 4.79 Å². The average molecular weight is 337 g/mol. The third kappa shape index (κ3) is 13.1. The van der Waals surface area contributed by atoms with Crippen LogP contribution in [-0.4, -0.2) is 24.3 Å². The molecule has 0 aliphatic heterocycles. The van der Waals surface area contributed by atoms with Gasteiger partial charge in [0.1, 0.15) is 0 Å². The van der Waals surface area contributed by atoms with Gasteiger partial charge in [-0.05, 0) is 59.0 Å². The number of ether oxygens (including phenoxy) is 2. The Morgan fingerprint density at radius 1 is 1.25 bits per heavy atom. The molecule has 0 aromatic carbocycles. The van der Waals surface area contributed by atoms with Crippen molar-refractivity contribution in [2.45, 2.75) is 78.9 Å². The number of carbonyl (C=O) groups excluding carboxylic acids is 1. The summed E-state index contributed by atoms with van der Waals surface area (Å²) in [6.07, 6.45) is 11.8. The van der Waals surface area contributed by atoms with Gasteiger partial charge in [-0.2, -0.15) is 0 Å². The molecular formula is C21H36O3. The smallest absolute Gasteiger partial charge is 0.331 e. The Kier molecular flexibility index (Phi) is 11.4. The van der Waals surface area contributed by atoms with Gasteiger partial charge in [0.2, 0.25) is 0 Å². The van der Waals surface area contributed by atoms with Crippen molar-refractivity contribution in [3.8, 4) is 0 Å². The quantitative estimate of drug-likeness (QED) is 0.201. The lowest BCUT2D eigenvalue weighted by atomic mass is 9.94. The van der Waals surface area contributed by atoms with Gasteiger partial charge in [0.15, 0.2) is 0 Å². The molecule has 0 radical (unpaired) electrons. The number of allylic oxidation sites excluding steroid dienone is 3. The van der Waals surface area contributed by atoms with Crippen molar-refractivity contribution in [1.82, 2.24) is 0 Å². The molecule has 3 heteroatoms. The fraction of sp³-hybridized carbons (Fsp3) is 0.667. The van der Waals surface area contributed by atoms with Gasteiger partial charge in [-0.15, -0.1) is 6.58 Å². The van der Waals surface area contributed by atoms with Crippen LogP contribution in [-0.2, 0) is 14.3 Å². The average Bonchev–Trinajstić information content (AvgIpc) is 2.43. The summed E-state index contributed by atoms with van der Waals surface area (Å²) in [6.45, 7) is 16.4. The van der Waals surface area contributed by atoms with Gasteiger partial charge in [-0.1, -0.05) is 38.0 Å². The molecule has 1 unspecified atom stereocenters. The fourth-order valence-electron chi connectivity index (χ4n) is 2.34. The Morgan fingerprint density at radius 2 is 1.92 bits per heavy atom. The molecular weight excluding hydrogens is 300 g/mol. The largest absolute Gasteiger partial charge is 0.460 e. The zero-order chi connectivity index (χ0) is 18.6. The van der Waals surface area contributed by atoms with Crippen LogP contribution in [0.15, 0.2) is 36.5 Å². The lowest BCUT2D eigenvalue weighted by molar-refractivity contribution is -0.141. The van der Waals surface area contributed by atoms with E-state index in [1.165, 1.54) is 6.42 Å². The zero-order valence-electron chi connectivity index (χ0n) is 16.4. The summed E-state index contributed by atoms with van der Waals surface area (Å²) in [5.41, 5.74) is 0.839. The molecule has 138 valence electrons. The van der Waals surface area contributed by atoms with Crippen LogP contribution in [0.1, 0.15) is 67.2 Å². The molecule has 0 aromatic heterocycles. The first kappa shape index (κ1) is 22.6. The molecule has 0 spiro atoms. The van der Waals surface area contributed by atoms with E-state index in [0.717, 1.165) is 24.8 Å². The van der Waals surface area contributed by atoms with E-state index in [2.05, 4.69) is 33.4 Å². The molecule has 24 heavy (non-hydrogen) atoms. The van der Waals surface area contributed by atoms with Crippen LogP contribution in [0.25, 0.3) is 0 Å². The standard InChI is InChI=1S/C21H36O3/c1-8-15-23-21(6,7)14-10-13-18(4)11-9-12-19(5)16-20(22)24-17(2)3/h8-9,12,16-18H,1,10-11,13-15H2,2-7H3. The molecule has 0 aliphatic rings. The lowest BCUT2D eigenvalue weighted by Gasteiger charge is -2.25. The normalized spacial score (nSPS) is 14.2. The van der Waals surface area contributed by atoms with Crippen molar-refractivity contribution in [1.29, 1.82) is 0 Å². The number of carbonyl (C=O) groups is 1. The lowest BCUT2D eigenvalue weighted by Crippen LogP contribution is -2.24. The van der Waals surface area contributed by atoms with Crippen molar-refractivity contribution < 1.29 is 14.3 Å². The molecule has 0 saturated heterocycles. The van der Waals surface area contributed by atoms with Crippen LogP contribution in [0.4, 0.5) is 0 Å². The van der Waals surface area contributed by atoms with E-state index in [0.29, 0.717) is 12.5 Å². The van der Waals surface area contributed by atoms with E-state index in [-0.39, 0.29) is 17.7 Å². The molecule has 0 amide bonds. The molecule has 0 saturated carbocycles. The predicted molar refractivity (Wildman–Crippen MR) is 102 cm³/mol. The van der Waals surface area contributed by atoms with Crippen molar-refractivity contribution in [2.24, 2.45) is 5.92 Å². The van der Waals surface area contributed by atoms with E-state index in [1.54, 1.807) is 12.2 Å². The third-order valence-electron chi connectivity index (χ3n) is 3.68. The van der Waals surface area contributed by atoms with Crippen molar-refractivity contribution in [3.05, 3.63) is 36.5 Å². The first-order valence-corrected chi connectivity index (χ1v) is 8.96. The first-order chi connectivity index (χ1) is 11.2. The van der Waals surface area contributed by atoms with E-state index in [1.807, 2.05) is 26.8 Å². The Morgan fingerprint density at radius 3 is 2.50 bits per heavy atom. The van der Waals surface area contributed by atoms with E-state index < -0.39 is 0 Å². The van der Waals surface area contributed by atoms with E-state index in [9.17, 15) is 4.79 Å². The molecule has 0 aliphatic carbocycles. The zero-order valence-corrected chi connectivity index (χ0v) is 16.4. The second kappa shape index (κ2) is 12.1. The fourth-order valence-corrected chi connectivity index (χ4v) is 2.34. The van der Waals surface area contributed by atoms with Gasteiger partial charge in [0.05, 0.1) is 18.3 Å². The number of hydrogen-bond donors (Lipinski definition) is 0. The minimum Gasteiger partial charge on any atom is -0.460 e. The summed E-state index contributed by atoms with van der Waals surface area (Å²) in [5.74, 6) is 0.342. The van der Waals surface area contributed by atoms with E-state index >= 15 is 0 Å². The maximum absolute atomic E-state index is 11.5. The second-order valence-corrected chi connectivity index (χ2v) is 7.37. The van der Waals surface area contributed by atoms with Crippen molar-refractivity contribution in [2.75, 3.05) is 6.61 Å². The molecule has 0 fully saturated rings. The van der Waals surface area contributed by atoms with Gasteiger partial charge >= 0.3 is 5.97 Å². The highest BCUT2D eigenvalue weighted by molar-refractivity contribution is 5.83. The Bertz CT molecular complexity index is 430. The van der Waals surface area contributed by atoms with Gasteiger partial charge in [-0.3, -0.25) is 0 Å². The van der Waals surface area contributed by atoms with Gasteiger partial charge in [0, 0.05) is 6.08 Å². The third-order valence-corrected chi connectivity index (χ3v) is 3.68. The van der Waals surface area contributed by atoms with Crippen LogP contribution in [0.2, 0.25) is 0 Å². The number of rotatable bonds is 12. The minimum atomic E-state index is -0.276. The molecule has 0 rings (SSSR count). The molecule has 0 aromatic rings. The topological polar surface area (TPSA) is 35.5 Å². The highest BCUT2D eigenvalue weighted by atomic mass is 16.5. The number of esters is 1. The summed E-state index contributed by atoms with van der Waals surface area (Å²) in [7, 11) is 0. The molecule has 0 bridgehead atoms. The van der Waals surface area contributed by atoms with Crippen molar-refractivity contribution >= 4 is 5.97 Å². The highest BCUT2D eigenvalue weighted by Gasteiger charge is 2.17. The Labute approximate surface area is 148 Å². The summed E-state index contributed by atoms with van der Waals surface area (Å²) < 4.78 is 10.8. The maximum Gasteiger partial charge on any atom is 0.331 e. The summed E-state index contributed by atoms with van der Waals surface area (Å²) in [5, 5.41) is 0. The minimum absolute atomic E-state index is 0.0785. The predicted octanol–water partition coefficient (Wildman–Crippen LogP) is 5.62. The second-order valence-electron chi connectivity index (χ2n) is 7.37. The monoisotopic (exact) mass is 336 g/mol. The van der Waals surface area contributed by atoms with Crippen LogP contribution < -0.4 is 0 Å². The molecule has 0 heterocycles. The number of hydrogen-bond acceptors (Lipinski definition) is 3. The van der Waals surface area contributed by atoms with Crippen LogP contribution in [0.5, 0.6) is 0 Å². The Balaban J connectivity index is 4.08. The van der Waals surface area contributed by atoms with Crippen LogP contribution in [0.3, 0.4) is 0 Å². The summed E-state index contributed by atoms with van der Waals surface area (Å²) >= 11 is 0. The van der Waals surface area contributed by atoms with Gasteiger partial charge < -0.3 is 9.47 Å². The maximum atomic E-state index is 11.5. The van der Waals surface area contributed by atoms with Crippen molar-refractivity contribution in [3.63, 3.8) is 0 Å². The van der Waals surface area contributed by atoms with E-state index in [4.69, 9.17) is 9.47 Å². The highest BCUT2D eigenvalue weighted by Crippen LogP contribution is 2.21. The molecule has 1 atom stereocenters. The van der Waals surface area contributed by atoms with Gasteiger partial charge in [0.25, 0.3) is 0 Å².